The van der Waals surface area contributed by atoms with Crippen LogP contribution in [0.3, 0.4) is 0 Å². The Hall–Kier alpha value is -1.85. The van der Waals surface area contributed by atoms with E-state index in [1.54, 1.807) is 11.8 Å². The third-order valence-electron chi connectivity index (χ3n) is 4.14. The number of aromatic nitrogens is 2. The van der Waals surface area contributed by atoms with E-state index in [0.717, 1.165) is 24.4 Å². The van der Waals surface area contributed by atoms with Gasteiger partial charge in [0, 0.05) is 6.54 Å². The van der Waals surface area contributed by atoms with Gasteiger partial charge in [-0.25, -0.2) is 0 Å². The van der Waals surface area contributed by atoms with Crippen LogP contribution in [0.4, 0.5) is 0 Å². The zero-order valence-electron chi connectivity index (χ0n) is 13.3. The molecule has 2 rings (SSSR count). The second kappa shape index (κ2) is 5.87. The lowest BCUT2D eigenvalue weighted by atomic mass is 9.94. The van der Waals surface area contributed by atoms with Crippen LogP contribution in [0.1, 0.15) is 45.5 Å². The molecule has 6 heteroatoms. The average molecular weight is 292 g/mol. The number of hydrogen-bond acceptors (Lipinski definition) is 3. The van der Waals surface area contributed by atoms with E-state index in [0.29, 0.717) is 13.0 Å². The maximum atomic E-state index is 12.6. The highest BCUT2D eigenvalue weighted by atomic mass is 16.2. The molecule has 1 aliphatic rings. The second-order valence-corrected chi connectivity index (χ2v) is 5.69. The standard InChI is InChI=1S/C15H24N4O2/c1-5-11-8-12(19(7-3)17-11)9-18-10-13(20)16-15(4,6-2)14(18)21/h8H,5-7,9-10H2,1-4H3,(H,16,20). The molecule has 0 bridgehead atoms. The molecule has 6 nitrogen and oxygen atoms in total. The lowest BCUT2D eigenvalue weighted by molar-refractivity contribution is -0.150. The van der Waals surface area contributed by atoms with Crippen molar-refractivity contribution in [1.29, 1.82) is 0 Å². The molecule has 1 aromatic rings. The summed E-state index contributed by atoms with van der Waals surface area (Å²) in [5.74, 6) is -0.122. The molecule has 2 heterocycles. The van der Waals surface area contributed by atoms with E-state index in [1.165, 1.54) is 0 Å². The van der Waals surface area contributed by atoms with E-state index in [-0.39, 0.29) is 18.4 Å². The van der Waals surface area contributed by atoms with E-state index in [4.69, 9.17) is 0 Å². The molecule has 2 amide bonds. The van der Waals surface area contributed by atoms with Crippen LogP contribution in [-0.2, 0) is 29.1 Å². The van der Waals surface area contributed by atoms with Gasteiger partial charge in [-0.1, -0.05) is 13.8 Å². The molecular formula is C15H24N4O2. The Bertz CT molecular complexity index is 552. The third kappa shape index (κ3) is 2.94. The van der Waals surface area contributed by atoms with Crippen molar-refractivity contribution in [2.45, 2.75) is 59.2 Å². The monoisotopic (exact) mass is 292 g/mol. The van der Waals surface area contributed by atoms with Crippen molar-refractivity contribution in [3.63, 3.8) is 0 Å². The fourth-order valence-electron chi connectivity index (χ4n) is 2.65. The van der Waals surface area contributed by atoms with Crippen molar-refractivity contribution in [2.24, 2.45) is 0 Å². The summed E-state index contributed by atoms with van der Waals surface area (Å²) < 4.78 is 1.90. The summed E-state index contributed by atoms with van der Waals surface area (Å²) in [6.07, 6.45) is 1.45. The Morgan fingerprint density at radius 3 is 2.62 bits per heavy atom. The molecule has 0 saturated carbocycles. The van der Waals surface area contributed by atoms with Crippen molar-refractivity contribution in [3.05, 3.63) is 17.5 Å². The first-order chi connectivity index (χ1) is 9.93. The maximum absolute atomic E-state index is 12.6. The molecule has 1 unspecified atom stereocenters. The van der Waals surface area contributed by atoms with E-state index in [2.05, 4.69) is 17.3 Å². The van der Waals surface area contributed by atoms with Gasteiger partial charge in [0.15, 0.2) is 0 Å². The largest absolute Gasteiger partial charge is 0.340 e. The van der Waals surface area contributed by atoms with Crippen molar-refractivity contribution in [2.75, 3.05) is 6.54 Å². The third-order valence-corrected chi connectivity index (χ3v) is 4.14. The minimum Gasteiger partial charge on any atom is -0.340 e. The molecular weight excluding hydrogens is 268 g/mol. The van der Waals surface area contributed by atoms with Crippen LogP contribution in [-0.4, -0.2) is 38.6 Å². The summed E-state index contributed by atoms with van der Waals surface area (Å²) in [4.78, 5) is 26.1. The molecule has 1 N–H and O–H groups in total. The van der Waals surface area contributed by atoms with E-state index in [9.17, 15) is 9.59 Å². The van der Waals surface area contributed by atoms with Gasteiger partial charge < -0.3 is 10.2 Å². The Morgan fingerprint density at radius 2 is 2.05 bits per heavy atom. The van der Waals surface area contributed by atoms with Crippen LogP contribution in [0.2, 0.25) is 0 Å². The normalized spacial score (nSPS) is 22.6. The predicted octanol–water partition coefficient (Wildman–Crippen LogP) is 1.09. The second-order valence-electron chi connectivity index (χ2n) is 5.69. The lowest BCUT2D eigenvalue weighted by Gasteiger charge is -2.39. The summed E-state index contributed by atoms with van der Waals surface area (Å²) in [7, 11) is 0. The Labute approximate surface area is 125 Å². The molecule has 0 radical (unpaired) electrons. The molecule has 116 valence electrons. The molecule has 1 saturated heterocycles. The van der Waals surface area contributed by atoms with Gasteiger partial charge in [0.1, 0.15) is 12.1 Å². The summed E-state index contributed by atoms with van der Waals surface area (Å²) in [5, 5.41) is 7.29. The first-order valence-electron chi connectivity index (χ1n) is 7.59. The summed E-state index contributed by atoms with van der Waals surface area (Å²) in [6.45, 7) is 9.08. The quantitative estimate of drug-likeness (QED) is 0.883. The van der Waals surface area contributed by atoms with Gasteiger partial charge in [0.25, 0.3) is 0 Å². The molecule has 21 heavy (non-hydrogen) atoms. The molecule has 0 spiro atoms. The van der Waals surface area contributed by atoms with Gasteiger partial charge in [-0.05, 0) is 32.8 Å². The van der Waals surface area contributed by atoms with Gasteiger partial charge in [-0.2, -0.15) is 5.10 Å². The van der Waals surface area contributed by atoms with Gasteiger partial charge in [-0.15, -0.1) is 0 Å². The number of amides is 2. The summed E-state index contributed by atoms with van der Waals surface area (Å²) in [6, 6.07) is 2.02. The van der Waals surface area contributed by atoms with Crippen LogP contribution in [0.15, 0.2) is 6.07 Å². The first kappa shape index (κ1) is 15.5. The number of hydrogen-bond donors (Lipinski definition) is 1. The van der Waals surface area contributed by atoms with Gasteiger partial charge in [-0.3, -0.25) is 14.3 Å². The van der Waals surface area contributed by atoms with Crippen LogP contribution in [0, 0.1) is 0 Å². The van der Waals surface area contributed by atoms with Crippen LogP contribution in [0.5, 0.6) is 0 Å². The lowest BCUT2D eigenvalue weighted by Crippen LogP contribution is -2.64. The summed E-state index contributed by atoms with van der Waals surface area (Å²) in [5.41, 5.74) is 1.20. The minimum atomic E-state index is -0.792. The van der Waals surface area contributed by atoms with E-state index < -0.39 is 5.54 Å². The zero-order valence-corrected chi connectivity index (χ0v) is 13.3. The van der Waals surface area contributed by atoms with E-state index in [1.807, 2.05) is 24.6 Å². The topological polar surface area (TPSA) is 67.2 Å². The van der Waals surface area contributed by atoms with Gasteiger partial charge in [0.05, 0.1) is 17.9 Å². The number of nitrogens with zero attached hydrogens (tertiary/aromatic N) is 3. The maximum Gasteiger partial charge on any atom is 0.248 e. The number of carbonyl (C=O) groups excluding carboxylic acids is 2. The van der Waals surface area contributed by atoms with Gasteiger partial charge >= 0.3 is 0 Å². The Morgan fingerprint density at radius 1 is 1.33 bits per heavy atom. The van der Waals surface area contributed by atoms with E-state index >= 15 is 0 Å². The fourth-order valence-corrected chi connectivity index (χ4v) is 2.65. The first-order valence-corrected chi connectivity index (χ1v) is 7.59. The van der Waals surface area contributed by atoms with Crippen molar-refractivity contribution < 1.29 is 9.59 Å². The zero-order chi connectivity index (χ0) is 15.6. The molecule has 1 aromatic heterocycles. The van der Waals surface area contributed by atoms with Crippen molar-refractivity contribution in [3.8, 4) is 0 Å². The Balaban J connectivity index is 2.23. The molecule has 1 fully saturated rings. The minimum absolute atomic E-state index is 0.0218. The fraction of sp³-hybridized carbons (Fsp3) is 0.667. The highest BCUT2D eigenvalue weighted by Crippen LogP contribution is 2.20. The van der Waals surface area contributed by atoms with Crippen LogP contribution in [0.25, 0.3) is 0 Å². The van der Waals surface area contributed by atoms with Crippen LogP contribution >= 0.6 is 0 Å². The number of nitrogens with one attached hydrogen (secondary N) is 1. The SMILES string of the molecule is CCc1cc(CN2CC(=O)NC(C)(CC)C2=O)n(CC)n1. The number of piperazine rings is 1. The summed E-state index contributed by atoms with van der Waals surface area (Å²) >= 11 is 0. The molecule has 0 aromatic carbocycles. The smallest absolute Gasteiger partial charge is 0.248 e. The number of rotatable bonds is 5. The van der Waals surface area contributed by atoms with Crippen molar-refractivity contribution >= 4 is 11.8 Å². The van der Waals surface area contributed by atoms with Gasteiger partial charge in [0.2, 0.25) is 11.8 Å². The molecule has 0 aliphatic carbocycles. The highest BCUT2D eigenvalue weighted by molar-refractivity contribution is 5.97. The molecule has 1 atom stereocenters. The highest BCUT2D eigenvalue weighted by Gasteiger charge is 2.41. The van der Waals surface area contributed by atoms with Crippen molar-refractivity contribution in [1.82, 2.24) is 20.0 Å². The molecule has 1 aliphatic heterocycles. The van der Waals surface area contributed by atoms with Crippen LogP contribution < -0.4 is 5.32 Å². The number of aryl methyl sites for hydroxylation is 2. The predicted molar refractivity (Wildman–Crippen MR) is 79.5 cm³/mol. The average Bonchev–Trinajstić information content (AvgIpc) is 2.86. The Kier molecular flexibility index (Phi) is 4.34. The number of carbonyl (C=O) groups is 2.